The summed E-state index contributed by atoms with van der Waals surface area (Å²) in [6.07, 6.45) is 3.69. The van der Waals surface area contributed by atoms with Gasteiger partial charge in [0.15, 0.2) is 0 Å². The van der Waals surface area contributed by atoms with E-state index in [1.807, 2.05) is 31.3 Å². The molecule has 0 saturated carbocycles. The molecule has 1 amide bonds. The van der Waals surface area contributed by atoms with Crippen LogP contribution in [0.25, 0.3) is 10.1 Å². The van der Waals surface area contributed by atoms with Crippen LogP contribution in [0.15, 0.2) is 35.3 Å². The number of thiophene rings is 1. The monoisotopic (exact) mass is 352 g/mol. The van der Waals surface area contributed by atoms with E-state index in [0.29, 0.717) is 17.1 Å². The minimum Gasteiger partial charge on any atom is -0.397 e. The number of nitrogens with zero attached hydrogens (tertiary/aromatic N) is 1. The first-order valence-corrected chi connectivity index (χ1v) is 7.99. The third-order valence-corrected chi connectivity index (χ3v) is 4.78. The number of nitrogen functional groups attached to an aromatic ring is 1. The molecule has 0 unspecified atom stereocenters. The van der Waals surface area contributed by atoms with Crippen molar-refractivity contribution < 1.29 is 4.79 Å². The number of carbonyl (C=O) groups excluding carboxylic acids is 1. The van der Waals surface area contributed by atoms with Crippen LogP contribution in [0, 0.1) is 0 Å². The molecular weight excluding hydrogens is 336 g/mol. The smallest absolute Gasteiger partial charge is 0.265 e. The topological polar surface area (TPSA) is 46.3 Å². The van der Waals surface area contributed by atoms with Crippen LogP contribution in [0.1, 0.15) is 22.5 Å². The van der Waals surface area contributed by atoms with Crippen LogP contribution in [-0.4, -0.2) is 24.4 Å². The van der Waals surface area contributed by atoms with Gasteiger partial charge in [0.05, 0.1) is 5.69 Å². The second-order valence-corrected chi connectivity index (χ2v) is 6.61. The molecule has 0 saturated heterocycles. The molecule has 2 N–H and O–H groups in total. The number of halogens is 1. The molecule has 1 aromatic carbocycles. The second-order valence-electron chi connectivity index (χ2n) is 4.64. The summed E-state index contributed by atoms with van der Waals surface area (Å²) in [6.45, 7) is 4.40. The average molecular weight is 353 g/mol. The third-order valence-electron chi connectivity index (χ3n) is 3.13. The Balaban J connectivity index is 2.25. The number of hydrogen-bond donors (Lipinski definition) is 1. The highest BCUT2D eigenvalue weighted by Gasteiger charge is 2.19. The quantitative estimate of drug-likeness (QED) is 0.644. The van der Waals surface area contributed by atoms with E-state index in [-0.39, 0.29) is 5.91 Å². The number of rotatable bonds is 5. The minimum absolute atomic E-state index is 0.0103. The van der Waals surface area contributed by atoms with Crippen LogP contribution < -0.4 is 5.73 Å². The lowest BCUT2D eigenvalue weighted by molar-refractivity contribution is 0.0799. The summed E-state index contributed by atoms with van der Waals surface area (Å²) in [5.41, 5.74) is 6.70. The van der Waals surface area contributed by atoms with Crippen molar-refractivity contribution in [2.24, 2.45) is 0 Å². The van der Waals surface area contributed by atoms with Gasteiger partial charge < -0.3 is 10.6 Å². The molecule has 2 aromatic rings. The lowest BCUT2D eigenvalue weighted by Gasteiger charge is -2.16. The van der Waals surface area contributed by atoms with Gasteiger partial charge in [0.1, 0.15) is 4.88 Å². The van der Waals surface area contributed by atoms with Crippen molar-refractivity contribution >= 4 is 48.9 Å². The Morgan fingerprint density at radius 1 is 1.55 bits per heavy atom. The number of allylic oxidation sites excluding steroid dienone is 1. The van der Waals surface area contributed by atoms with Gasteiger partial charge in [-0.25, -0.2) is 0 Å². The molecule has 0 aliphatic heterocycles. The highest BCUT2D eigenvalue weighted by atomic mass is 79.9. The van der Waals surface area contributed by atoms with Crippen LogP contribution in [0.3, 0.4) is 0 Å². The van der Waals surface area contributed by atoms with Crippen LogP contribution in [0.4, 0.5) is 5.69 Å². The third kappa shape index (κ3) is 3.04. The van der Waals surface area contributed by atoms with Gasteiger partial charge in [0, 0.05) is 28.2 Å². The van der Waals surface area contributed by atoms with E-state index in [0.717, 1.165) is 27.4 Å². The molecule has 5 heteroatoms. The molecule has 0 aliphatic carbocycles. The standard InChI is InChI=1S/C15H17BrN2OS/c1-3-4-5-8-18(2)15(19)14-13(17)11-7-6-10(16)9-12(11)20-14/h3,6-7,9H,1,4-5,8,17H2,2H3. The highest BCUT2D eigenvalue weighted by Crippen LogP contribution is 2.35. The van der Waals surface area contributed by atoms with Crippen molar-refractivity contribution in [1.82, 2.24) is 4.90 Å². The average Bonchev–Trinajstić information content (AvgIpc) is 2.74. The van der Waals surface area contributed by atoms with E-state index in [2.05, 4.69) is 22.5 Å². The van der Waals surface area contributed by atoms with Crippen molar-refractivity contribution in [2.75, 3.05) is 19.3 Å². The Morgan fingerprint density at radius 2 is 2.30 bits per heavy atom. The number of nitrogens with two attached hydrogens (primary N) is 1. The summed E-state index contributed by atoms with van der Waals surface area (Å²) in [4.78, 5) is 14.8. The first-order chi connectivity index (χ1) is 9.54. The van der Waals surface area contributed by atoms with E-state index in [4.69, 9.17) is 5.73 Å². The maximum Gasteiger partial charge on any atom is 0.265 e. The van der Waals surface area contributed by atoms with E-state index in [9.17, 15) is 4.79 Å². The molecule has 106 valence electrons. The summed E-state index contributed by atoms with van der Waals surface area (Å²) in [5, 5.41) is 0.945. The number of anilines is 1. The van der Waals surface area contributed by atoms with Crippen LogP contribution in [0.2, 0.25) is 0 Å². The van der Waals surface area contributed by atoms with Crippen LogP contribution in [0.5, 0.6) is 0 Å². The lowest BCUT2D eigenvalue weighted by atomic mass is 10.2. The van der Waals surface area contributed by atoms with Gasteiger partial charge in [-0.3, -0.25) is 4.79 Å². The molecule has 1 aromatic heterocycles. The molecule has 0 radical (unpaired) electrons. The van der Waals surface area contributed by atoms with Gasteiger partial charge in [-0.2, -0.15) is 0 Å². The van der Waals surface area contributed by atoms with Crippen LogP contribution in [-0.2, 0) is 0 Å². The SMILES string of the molecule is C=CCCCN(C)C(=O)c1sc2cc(Br)ccc2c1N. The lowest BCUT2D eigenvalue weighted by Crippen LogP contribution is -2.27. The van der Waals surface area contributed by atoms with E-state index in [1.165, 1.54) is 11.3 Å². The number of benzene rings is 1. The van der Waals surface area contributed by atoms with Crippen LogP contribution >= 0.6 is 27.3 Å². The Morgan fingerprint density at radius 3 is 3.00 bits per heavy atom. The summed E-state index contributed by atoms with van der Waals surface area (Å²) in [5.74, 6) is -0.0103. The predicted octanol–water partition coefficient (Wildman–Crippen LogP) is 4.28. The van der Waals surface area contributed by atoms with Crippen molar-refractivity contribution in [3.05, 3.63) is 40.2 Å². The normalized spacial score (nSPS) is 10.7. The van der Waals surface area contributed by atoms with Gasteiger partial charge >= 0.3 is 0 Å². The molecule has 1 heterocycles. The molecule has 0 spiro atoms. The van der Waals surface area contributed by atoms with Gasteiger partial charge in [-0.15, -0.1) is 17.9 Å². The zero-order chi connectivity index (χ0) is 14.7. The summed E-state index contributed by atoms with van der Waals surface area (Å²) >= 11 is 4.88. The van der Waals surface area contributed by atoms with Crippen molar-refractivity contribution in [2.45, 2.75) is 12.8 Å². The number of amides is 1. The largest absolute Gasteiger partial charge is 0.397 e. The summed E-state index contributed by atoms with van der Waals surface area (Å²) < 4.78 is 2.02. The number of hydrogen-bond acceptors (Lipinski definition) is 3. The van der Waals surface area contributed by atoms with Gasteiger partial charge in [0.25, 0.3) is 5.91 Å². The van der Waals surface area contributed by atoms with Crippen molar-refractivity contribution in [3.8, 4) is 0 Å². The molecular formula is C15H17BrN2OS. The summed E-state index contributed by atoms with van der Waals surface area (Å²) in [6, 6.07) is 5.87. The van der Waals surface area contributed by atoms with E-state index < -0.39 is 0 Å². The zero-order valence-corrected chi connectivity index (χ0v) is 13.8. The highest BCUT2D eigenvalue weighted by molar-refractivity contribution is 9.10. The Bertz CT molecular complexity index is 651. The molecule has 0 atom stereocenters. The van der Waals surface area contributed by atoms with Gasteiger partial charge in [-0.05, 0) is 25.0 Å². The van der Waals surface area contributed by atoms with E-state index in [1.54, 1.807) is 4.90 Å². The fourth-order valence-corrected chi connectivity index (χ4v) is 3.67. The Labute approximate surface area is 131 Å². The maximum atomic E-state index is 12.4. The summed E-state index contributed by atoms with van der Waals surface area (Å²) in [7, 11) is 1.81. The maximum absolute atomic E-state index is 12.4. The van der Waals surface area contributed by atoms with Gasteiger partial charge in [0.2, 0.25) is 0 Å². The van der Waals surface area contributed by atoms with Gasteiger partial charge in [-0.1, -0.05) is 28.1 Å². The molecule has 0 aliphatic rings. The zero-order valence-electron chi connectivity index (χ0n) is 11.4. The predicted molar refractivity (Wildman–Crippen MR) is 90.3 cm³/mol. The Hall–Kier alpha value is -1.33. The Kier molecular flexibility index (Phi) is 4.83. The van der Waals surface area contributed by atoms with Crippen molar-refractivity contribution in [1.29, 1.82) is 0 Å². The fraction of sp³-hybridized carbons (Fsp3) is 0.267. The number of fused-ring (bicyclic) bond motifs is 1. The van der Waals surface area contributed by atoms with Crippen molar-refractivity contribution in [3.63, 3.8) is 0 Å². The number of carbonyl (C=O) groups is 1. The second kappa shape index (κ2) is 6.41. The first kappa shape index (κ1) is 15.1. The fourth-order valence-electron chi connectivity index (χ4n) is 2.00. The minimum atomic E-state index is -0.0103. The number of unbranched alkanes of at least 4 members (excludes halogenated alkanes) is 1. The first-order valence-electron chi connectivity index (χ1n) is 6.38. The molecule has 0 bridgehead atoms. The molecule has 3 nitrogen and oxygen atoms in total. The molecule has 0 fully saturated rings. The molecule has 20 heavy (non-hydrogen) atoms. The molecule has 2 rings (SSSR count). The van der Waals surface area contributed by atoms with E-state index >= 15 is 0 Å².